The lowest BCUT2D eigenvalue weighted by molar-refractivity contribution is 0.0952. The molecule has 158 valence electrons. The van der Waals surface area contributed by atoms with E-state index in [4.69, 9.17) is 11.6 Å². The van der Waals surface area contributed by atoms with Gasteiger partial charge < -0.3 is 9.88 Å². The van der Waals surface area contributed by atoms with Crippen LogP contribution in [0.5, 0.6) is 0 Å². The second-order valence-electron chi connectivity index (χ2n) is 7.32. The number of carbonyl (C=O) groups is 1. The number of amides is 1. The Labute approximate surface area is 180 Å². The maximum absolute atomic E-state index is 12.7. The molecule has 1 aromatic heterocycles. The van der Waals surface area contributed by atoms with Crippen molar-refractivity contribution in [3.8, 4) is 0 Å². The van der Waals surface area contributed by atoms with Gasteiger partial charge in [-0.3, -0.25) is 9.10 Å². The maximum atomic E-state index is 12.7. The predicted octanol–water partition coefficient (Wildman–Crippen LogP) is 3.36. The molecule has 0 spiro atoms. The SMILES string of the molecule is Cc1nc2ccccc2n1CCNC(=O)c1ccc(Cl)c(N2CCCCS2(=O)=O)c1. The first kappa shape index (κ1) is 20.7. The van der Waals surface area contributed by atoms with E-state index < -0.39 is 10.0 Å². The Hall–Kier alpha value is -2.58. The van der Waals surface area contributed by atoms with Gasteiger partial charge in [-0.1, -0.05) is 23.7 Å². The number of para-hydroxylation sites is 2. The van der Waals surface area contributed by atoms with Crippen molar-refractivity contribution < 1.29 is 13.2 Å². The number of halogens is 1. The first-order valence-corrected chi connectivity index (χ1v) is 11.9. The lowest BCUT2D eigenvalue weighted by Crippen LogP contribution is -2.38. The molecule has 1 N–H and O–H groups in total. The van der Waals surface area contributed by atoms with Gasteiger partial charge in [0.1, 0.15) is 5.82 Å². The Morgan fingerprint density at radius 2 is 2.00 bits per heavy atom. The highest BCUT2D eigenvalue weighted by molar-refractivity contribution is 7.92. The summed E-state index contributed by atoms with van der Waals surface area (Å²) in [5, 5.41) is 3.22. The van der Waals surface area contributed by atoms with Gasteiger partial charge in [0.25, 0.3) is 5.91 Å². The highest BCUT2D eigenvalue weighted by atomic mass is 35.5. The van der Waals surface area contributed by atoms with Crippen LogP contribution >= 0.6 is 11.6 Å². The van der Waals surface area contributed by atoms with Crippen molar-refractivity contribution in [3.63, 3.8) is 0 Å². The lowest BCUT2D eigenvalue weighted by Gasteiger charge is -2.29. The molecule has 30 heavy (non-hydrogen) atoms. The first-order chi connectivity index (χ1) is 14.4. The highest BCUT2D eigenvalue weighted by Gasteiger charge is 2.28. The van der Waals surface area contributed by atoms with E-state index in [0.717, 1.165) is 23.3 Å². The number of rotatable bonds is 5. The molecule has 2 aromatic carbocycles. The van der Waals surface area contributed by atoms with E-state index in [0.29, 0.717) is 42.3 Å². The van der Waals surface area contributed by atoms with Crippen molar-refractivity contribution in [2.45, 2.75) is 26.3 Å². The van der Waals surface area contributed by atoms with Crippen LogP contribution in [0.3, 0.4) is 0 Å². The van der Waals surface area contributed by atoms with Crippen LogP contribution in [0.2, 0.25) is 5.02 Å². The largest absolute Gasteiger partial charge is 0.350 e. The average Bonchev–Trinajstić information content (AvgIpc) is 3.03. The molecule has 0 saturated carbocycles. The second-order valence-corrected chi connectivity index (χ2v) is 9.74. The van der Waals surface area contributed by atoms with Crippen LogP contribution in [0.4, 0.5) is 5.69 Å². The number of sulfonamides is 1. The Balaban J connectivity index is 1.48. The van der Waals surface area contributed by atoms with Gasteiger partial charge in [-0.25, -0.2) is 13.4 Å². The molecule has 1 saturated heterocycles. The molecule has 1 amide bonds. The number of aryl methyl sites for hydroxylation is 1. The van der Waals surface area contributed by atoms with Gasteiger partial charge in [0.2, 0.25) is 10.0 Å². The summed E-state index contributed by atoms with van der Waals surface area (Å²) in [5.41, 5.74) is 2.68. The zero-order valence-corrected chi connectivity index (χ0v) is 18.2. The quantitative estimate of drug-likeness (QED) is 0.651. The smallest absolute Gasteiger partial charge is 0.251 e. The van der Waals surface area contributed by atoms with Gasteiger partial charge in [-0.05, 0) is 50.1 Å². The zero-order chi connectivity index (χ0) is 21.3. The van der Waals surface area contributed by atoms with Crippen molar-refractivity contribution >= 4 is 44.3 Å². The Morgan fingerprint density at radius 1 is 1.20 bits per heavy atom. The normalized spacial score (nSPS) is 16.0. The molecule has 0 atom stereocenters. The molecule has 0 radical (unpaired) electrons. The van der Waals surface area contributed by atoms with Gasteiger partial charge in [-0.2, -0.15) is 0 Å². The molecule has 7 nitrogen and oxygen atoms in total. The molecule has 1 aliphatic heterocycles. The lowest BCUT2D eigenvalue weighted by atomic mass is 10.1. The molecule has 2 heterocycles. The molecule has 1 aliphatic rings. The number of carbonyl (C=O) groups excluding carboxylic acids is 1. The molecule has 1 fully saturated rings. The van der Waals surface area contributed by atoms with Gasteiger partial charge >= 0.3 is 0 Å². The second kappa shape index (κ2) is 8.28. The van der Waals surface area contributed by atoms with E-state index >= 15 is 0 Å². The molecule has 9 heteroatoms. The van der Waals surface area contributed by atoms with Crippen molar-refractivity contribution in [3.05, 3.63) is 58.9 Å². The number of hydrogen-bond donors (Lipinski definition) is 1. The van der Waals surface area contributed by atoms with Gasteiger partial charge in [0, 0.05) is 25.2 Å². The maximum Gasteiger partial charge on any atom is 0.251 e. The number of benzene rings is 2. The van der Waals surface area contributed by atoms with Crippen LogP contribution in [0.15, 0.2) is 42.5 Å². The highest BCUT2D eigenvalue weighted by Crippen LogP contribution is 2.31. The predicted molar refractivity (Wildman–Crippen MR) is 119 cm³/mol. The molecule has 4 rings (SSSR count). The summed E-state index contributed by atoms with van der Waals surface area (Å²) < 4.78 is 28.2. The molecule has 0 bridgehead atoms. The minimum atomic E-state index is -3.41. The number of nitrogens with one attached hydrogen (secondary N) is 1. The Morgan fingerprint density at radius 3 is 2.80 bits per heavy atom. The van der Waals surface area contributed by atoms with Gasteiger partial charge in [0.05, 0.1) is 27.5 Å². The van der Waals surface area contributed by atoms with Crippen LogP contribution in [-0.4, -0.2) is 42.7 Å². The van der Waals surface area contributed by atoms with Crippen LogP contribution in [0, 0.1) is 6.92 Å². The Bertz CT molecular complexity index is 1210. The number of fused-ring (bicyclic) bond motifs is 1. The van der Waals surface area contributed by atoms with Crippen molar-refractivity contribution in [2.24, 2.45) is 0 Å². The van der Waals surface area contributed by atoms with Crippen molar-refractivity contribution in [1.29, 1.82) is 0 Å². The number of imidazole rings is 1. The fourth-order valence-electron chi connectivity index (χ4n) is 3.77. The molecular weight excluding hydrogens is 424 g/mol. The van der Waals surface area contributed by atoms with E-state index in [9.17, 15) is 13.2 Å². The van der Waals surface area contributed by atoms with Crippen LogP contribution in [-0.2, 0) is 16.6 Å². The van der Waals surface area contributed by atoms with Crippen molar-refractivity contribution in [1.82, 2.24) is 14.9 Å². The van der Waals surface area contributed by atoms with Crippen molar-refractivity contribution in [2.75, 3.05) is 23.1 Å². The van der Waals surface area contributed by atoms with Gasteiger partial charge in [0.15, 0.2) is 0 Å². The summed E-state index contributed by atoms with van der Waals surface area (Å²) in [5.74, 6) is 0.705. The average molecular weight is 447 g/mol. The first-order valence-electron chi connectivity index (χ1n) is 9.87. The summed E-state index contributed by atoms with van der Waals surface area (Å²) in [6, 6.07) is 12.6. The summed E-state index contributed by atoms with van der Waals surface area (Å²) >= 11 is 6.26. The number of nitrogens with zero attached hydrogens (tertiary/aromatic N) is 3. The topological polar surface area (TPSA) is 84.3 Å². The van der Waals surface area contributed by atoms with E-state index in [2.05, 4.69) is 14.9 Å². The van der Waals surface area contributed by atoms with E-state index in [-0.39, 0.29) is 11.7 Å². The summed E-state index contributed by atoms with van der Waals surface area (Å²) in [4.78, 5) is 17.2. The number of hydrogen-bond acceptors (Lipinski definition) is 4. The summed E-state index contributed by atoms with van der Waals surface area (Å²) in [6.45, 7) is 3.31. The van der Waals surface area contributed by atoms with Crippen LogP contribution < -0.4 is 9.62 Å². The van der Waals surface area contributed by atoms with Gasteiger partial charge in [-0.15, -0.1) is 0 Å². The van der Waals surface area contributed by atoms with E-state index in [1.165, 1.54) is 4.31 Å². The zero-order valence-electron chi connectivity index (χ0n) is 16.6. The molecule has 0 aliphatic carbocycles. The fourth-order valence-corrected chi connectivity index (χ4v) is 5.68. The van der Waals surface area contributed by atoms with Crippen LogP contribution in [0.1, 0.15) is 29.0 Å². The number of aromatic nitrogens is 2. The van der Waals surface area contributed by atoms with Crippen LogP contribution in [0.25, 0.3) is 11.0 Å². The summed E-state index contributed by atoms with van der Waals surface area (Å²) in [6.07, 6.45) is 1.41. The standard InChI is InChI=1S/C21H23ClN4O3S/c1-15-24-18-6-2-3-7-19(18)25(15)12-10-23-21(27)16-8-9-17(22)20(14-16)26-11-4-5-13-30(26,28)29/h2-3,6-9,14H,4-5,10-13H2,1H3,(H,23,27). The molecule has 3 aromatic rings. The van der Waals surface area contributed by atoms with E-state index in [1.807, 2.05) is 31.2 Å². The molecular formula is C21H23ClN4O3S. The summed E-state index contributed by atoms with van der Waals surface area (Å²) in [7, 11) is -3.41. The Kier molecular flexibility index (Phi) is 5.71. The van der Waals surface area contributed by atoms with E-state index in [1.54, 1.807) is 18.2 Å². The molecule has 0 unspecified atom stereocenters. The third-order valence-corrected chi connectivity index (χ3v) is 7.47. The minimum Gasteiger partial charge on any atom is -0.350 e. The number of anilines is 1. The minimum absolute atomic E-state index is 0.0952. The third-order valence-electron chi connectivity index (χ3n) is 5.29. The third kappa shape index (κ3) is 4.02. The fraction of sp³-hybridized carbons (Fsp3) is 0.333. The monoisotopic (exact) mass is 446 g/mol.